The van der Waals surface area contributed by atoms with Gasteiger partial charge in [-0.25, -0.2) is 0 Å². The molecule has 0 saturated heterocycles. The molecule has 0 saturated carbocycles. The number of benzene rings is 1. The van der Waals surface area contributed by atoms with E-state index < -0.39 is 0 Å². The van der Waals surface area contributed by atoms with Crippen LogP contribution in [0.25, 0.3) is 0 Å². The Morgan fingerprint density at radius 2 is 2.13 bits per heavy atom. The number of aromatic amines is 1. The second-order valence-corrected chi connectivity index (χ2v) is 3.27. The van der Waals surface area contributed by atoms with Gasteiger partial charge in [-0.3, -0.25) is 0 Å². The lowest BCUT2D eigenvalue weighted by atomic mass is 10.2. The number of nitrogens with one attached hydrogen (secondary N) is 2. The zero-order valence-electron chi connectivity index (χ0n) is 8.66. The summed E-state index contributed by atoms with van der Waals surface area (Å²) in [5.74, 6) is 0.917. The summed E-state index contributed by atoms with van der Waals surface area (Å²) in [4.78, 5) is 3.00. The van der Waals surface area contributed by atoms with E-state index in [-0.39, 0.29) is 0 Å². The average molecular weight is 202 g/mol. The van der Waals surface area contributed by atoms with Gasteiger partial charge in [-0.1, -0.05) is 18.2 Å². The summed E-state index contributed by atoms with van der Waals surface area (Å²) in [5, 5.41) is 3.30. The molecular formula is C12H14N2O. The fraction of sp³-hybridized carbons (Fsp3) is 0.167. The van der Waals surface area contributed by atoms with Gasteiger partial charge in [0.25, 0.3) is 0 Å². The third-order valence-corrected chi connectivity index (χ3v) is 2.27. The molecule has 1 heterocycles. The molecule has 0 unspecified atom stereocenters. The van der Waals surface area contributed by atoms with Crippen molar-refractivity contribution in [1.29, 1.82) is 0 Å². The van der Waals surface area contributed by atoms with Crippen LogP contribution in [-0.4, -0.2) is 12.1 Å². The van der Waals surface area contributed by atoms with E-state index in [0.717, 1.165) is 23.5 Å². The number of hydrogen-bond donors (Lipinski definition) is 2. The molecule has 0 aliphatic rings. The molecule has 78 valence electrons. The molecule has 15 heavy (non-hydrogen) atoms. The molecule has 0 bridgehead atoms. The van der Waals surface area contributed by atoms with Crippen molar-refractivity contribution in [2.24, 2.45) is 0 Å². The highest BCUT2D eigenvalue weighted by atomic mass is 16.5. The predicted molar refractivity (Wildman–Crippen MR) is 61.1 cm³/mol. The molecule has 0 aliphatic heterocycles. The lowest BCUT2D eigenvalue weighted by molar-refractivity contribution is 0.410. The van der Waals surface area contributed by atoms with Gasteiger partial charge in [0.15, 0.2) is 0 Å². The van der Waals surface area contributed by atoms with Crippen molar-refractivity contribution < 1.29 is 4.74 Å². The van der Waals surface area contributed by atoms with Crippen LogP contribution in [0.2, 0.25) is 0 Å². The van der Waals surface area contributed by atoms with E-state index in [4.69, 9.17) is 4.74 Å². The molecule has 0 aliphatic carbocycles. The zero-order chi connectivity index (χ0) is 10.5. The Bertz CT molecular complexity index is 409. The van der Waals surface area contributed by atoms with Crippen molar-refractivity contribution >= 4 is 5.69 Å². The maximum atomic E-state index is 5.27. The van der Waals surface area contributed by atoms with E-state index in [1.807, 2.05) is 36.7 Å². The molecule has 2 N–H and O–H groups in total. The number of H-pyrrole nitrogens is 1. The molecule has 3 heteroatoms. The Kier molecular flexibility index (Phi) is 2.93. The zero-order valence-corrected chi connectivity index (χ0v) is 8.66. The number of aromatic nitrogens is 1. The summed E-state index contributed by atoms with van der Waals surface area (Å²) >= 11 is 0. The van der Waals surface area contributed by atoms with Gasteiger partial charge in [-0.15, -0.1) is 0 Å². The molecule has 2 aromatic rings. The lowest BCUT2D eigenvalue weighted by Crippen LogP contribution is -2.00. The fourth-order valence-electron chi connectivity index (χ4n) is 1.48. The van der Waals surface area contributed by atoms with Gasteiger partial charge in [0.2, 0.25) is 0 Å². The van der Waals surface area contributed by atoms with E-state index in [2.05, 4.69) is 16.4 Å². The number of hydrogen-bond acceptors (Lipinski definition) is 2. The normalized spacial score (nSPS) is 9.93. The maximum Gasteiger partial charge on any atom is 0.123 e. The van der Waals surface area contributed by atoms with Crippen molar-refractivity contribution in [3.63, 3.8) is 0 Å². The van der Waals surface area contributed by atoms with E-state index >= 15 is 0 Å². The maximum absolute atomic E-state index is 5.27. The number of anilines is 1. The first-order valence-corrected chi connectivity index (χ1v) is 4.88. The topological polar surface area (TPSA) is 37.0 Å². The quantitative estimate of drug-likeness (QED) is 0.799. The first kappa shape index (κ1) is 9.65. The third-order valence-electron chi connectivity index (χ3n) is 2.27. The molecular weight excluding hydrogens is 188 g/mol. The molecule has 0 fully saturated rings. The molecule has 2 rings (SSSR count). The van der Waals surface area contributed by atoms with Gasteiger partial charge in [0.05, 0.1) is 12.8 Å². The van der Waals surface area contributed by atoms with Crippen LogP contribution >= 0.6 is 0 Å². The molecule has 3 nitrogen and oxygen atoms in total. The number of ether oxygens (including phenoxy) is 1. The minimum Gasteiger partial charge on any atom is -0.496 e. The van der Waals surface area contributed by atoms with Crippen LogP contribution in [0.4, 0.5) is 5.69 Å². The van der Waals surface area contributed by atoms with Crippen LogP contribution in [0, 0.1) is 0 Å². The van der Waals surface area contributed by atoms with Crippen LogP contribution in [0.3, 0.4) is 0 Å². The summed E-state index contributed by atoms with van der Waals surface area (Å²) in [6.07, 6.45) is 3.82. The van der Waals surface area contributed by atoms with Crippen LogP contribution in [-0.2, 0) is 6.54 Å². The first-order chi connectivity index (χ1) is 7.40. The predicted octanol–water partition coefficient (Wildman–Crippen LogP) is 2.64. The first-order valence-electron chi connectivity index (χ1n) is 4.88. The van der Waals surface area contributed by atoms with Gasteiger partial charge in [0, 0.05) is 24.5 Å². The van der Waals surface area contributed by atoms with Crippen LogP contribution in [0.1, 0.15) is 5.56 Å². The highest BCUT2D eigenvalue weighted by Crippen LogP contribution is 2.18. The lowest BCUT2D eigenvalue weighted by Gasteiger charge is -2.08. The molecule has 0 spiro atoms. The van der Waals surface area contributed by atoms with Gasteiger partial charge < -0.3 is 15.0 Å². The summed E-state index contributed by atoms with van der Waals surface area (Å²) in [5.41, 5.74) is 2.24. The standard InChI is InChI=1S/C12H14N2O/c1-15-12-5-3-2-4-10(12)8-14-11-6-7-13-9-11/h2-7,9,13-14H,8H2,1H3. The van der Waals surface area contributed by atoms with Gasteiger partial charge >= 0.3 is 0 Å². The Morgan fingerprint density at radius 3 is 2.87 bits per heavy atom. The molecule has 1 aromatic carbocycles. The second-order valence-electron chi connectivity index (χ2n) is 3.27. The summed E-state index contributed by atoms with van der Waals surface area (Å²) < 4.78 is 5.27. The fourth-order valence-corrected chi connectivity index (χ4v) is 1.48. The molecule has 0 radical (unpaired) electrons. The third kappa shape index (κ3) is 2.31. The monoisotopic (exact) mass is 202 g/mol. The van der Waals surface area contributed by atoms with Crippen molar-refractivity contribution in [2.45, 2.75) is 6.54 Å². The number of methoxy groups -OCH3 is 1. The van der Waals surface area contributed by atoms with Gasteiger partial charge in [-0.05, 0) is 12.1 Å². The van der Waals surface area contributed by atoms with Crippen LogP contribution < -0.4 is 10.1 Å². The average Bonchev–Trinajstić information content (AvgIpc) is 2.79. The Balaban J connectivity index is 2.04. The highest BCUT2D eigenvalue weighted by Gasteiger charge is 2.00. The number of para-hydroxylation sites is 1. The van der Waals surface area contributed by atoms with Crippen molar-refractivity contribution in [1.82, 2.24) is 4.98 Å². The van der Waals surface area contributed by atoms with Gasteiger partial charge in [-0.2, -0.15) is 0 Å². The van der Waals surface area contributed by atoms with E-state index in [0.29, 0.717) is 0 Å². The molecule has 0 atom stereocenters. The summed E-state index contributed by atoms with van der Waals surface area (Å²) in [7, 11) is 1.69. The van der Waals surface area contributed by atoms with E-state index in [1.165, 1.54) is 0 Å². The van der Waals surface area contributed by atoms with Gasteiger partial charge in [0.1, 0.15) is 5.75 Å². The van der Waals surface area contributed by atoms with Crippen LogP contribution in [0.5, 0.6) is 5.75 Å². The minimum absolute atomic E-state index is 0.766. The molecule has 0 amide bonds. The largest absolute Gasteiger partial charge is 0.496 e. The second kappa shape index (κ2) is 4.55. The van der Waals surface area contributed by atoms with Crippen molar-refractivity contribution in [3.05, 3.63) is 48.3 Å². The van der Waals surface area contributed by atoms with E-state index in [1.54, 1.807) is 7.11 Å². The summed E-state index contributed by atoms with van der Waals surface area (Å²) in [6.45, 7) is 0.766. The smallest absolute Gasteiger partial charge is 0.123 e. The minimum atomic E-state index is 0.766. The highest BCUT2D eigenvalue weighted by molar-refractivity contribution is 5.43. The van der Waals surface area contributed by atoms with Crippen molar-refractivity contribution in [2.75, 3.05) is 12.4 Å². The van der Waals surface area contributed by atoms with Crippen molar-refractivity contribution in [3.8, 4) is 5.75 Å². The Hall–Kier alpha value is -1.90. The SMILES string of the molecule is COc1ccccc1CNc1cc[nH]c1. The molecule has 1 aromatic heterocycles. The Morgan fingerprint density at radius 1 is 1.27 bits per heavy atom. The van der Waals surface area contributed by atoms with E-state index in [9.17, 15) is 0 Å². The summed E-state index contributed by atoms with van der Waals surface area (Å²) in [6, 6.07) is 10.00. The number of rotatable bonds is 4. The Labute approximate surface area is 89.1 Å². The van der Waals surface area contributed by atoms with Crippen LogP contribution in [0.15, 0.2) is 42.7 Å².